The lowest BCUT2D eigenvalue weighted by molar-refractivity contribution is 0.103. The van der Waals surface area contributed by atoms with Crippen molar-refractivity contribution in [3.05, 3.63) is 70.1 Å². The lowest BCUT2D eigenvalue weighted by Crippen LogP contribution is -2.05. The van der Waals surface area contributed by atoms with Crippen LogP contribution in [0.4, 0.5) is 13.2 Å². The van der Waals surface area contributed by atoms with Crippen LogP contribution in [0.25, 0.3) is 10.9 Å². The van der Waals surface area contributed by atoms with Gasteiger partial charge in [0.25, 0.3) is 0 Å². The van der Waals surface area contributed by atoms with Crippen LogP contribution >= 0.6 is 11.6 Å². The monoisotopic (exact) mass is 309 g/mol. The van der Waals surface area contributed by atoms with E-state index in [1.54, 1.807) is 6.07 Å². The van der Waals surface area contributed by atoms with Crippen molar-refractivity contribution in [2.45, 2.75) is 0 Å². The third-order valence-electron chi connectivity index (χ3n) is 3.15. The van der Waals surface area contributed by atoms with E-state index in [0.29, 0.717) is 11.6 Å². The molecule has 0 atom stereocenters. The molecule has 0 saturated carbocycles. The average molecular weight is 310 g/mol. The summed E-state index contributed by atoms with van der Waals surface area (Å²) in [5.74, 6) is -3.31. The van der Waals surface area contributed by atoms with E-state index in [2.05, 4.69) is 4.98 Å². The summed E-state index contributed by atoms with van der Waals surface area (Å²) in [7, 11) is 0. The molecule has 2 nitrogen and oxygen atoms in total. The zero-order chi connectivity index (χ0) is 15.1. The number of rotatable bonds is 2. The van der Waals surface area contributed by atoms with Crippen LogP contribution < -0.4 is 0 Å². The molecular formula is C15H7ClF3NO. The van der Waals surface area contributed by atoms with Crippen LogP contribution in [0.15, 0.2) is 36.5 Å². The van der Waals surface area contributed by atoms with E-state index >= 15 is 0 Å². The van der Waals surface area contributed by atoms with E-state index in [1.165, 1.54) is 18.3 Å². The fourth-order valence-corrected chi connectivity index (χ4v) is 2.31. The van der Waals surface area contributed by atoms with Gasteiger partial charge in [-0.15, -0.1) is 0 Å². The first kappa shape index (κ1) is 13.7. The van der Waals surface area contributed by atoms with Gasteiger partial charge in [-0.2, -0.15) is 0 Å². The van der Waals surface area contributed by atoms with Gasteiger partial charge < -0.3 is 4.98 Å². The second-order valence-electron chi connectivity index (χ2n) is 4.44. The molecule has 6 heteroatoms. The summed E-state index contributed by atoms with van der Waals surface area (Å²) in [6.07, 6.45) is 1.27. The normalized spacial score (nSPS) is 11.0. The molecule has 2 aromatic carbocycles. The molecule has 3 rings (SSSR count). The van der Waals surface area contributed by atoms with Crippen molar-refractivity contribution >= 4 is 28.3 Å². The molecule has 0 fully saturated rings. The van der Waals surface area contributed by atoms with Gasteiger partial charge in [0.1, 0.15) is 17.5 Å². The third kappa shape index (κ3) is 2.19. The summed E-state index contributed by atoms with van der Waals surface area (Å²) in [5.41, 5.74) is -0.169. The topological polar surface area (TPSA) is 32.9 Å². The summed E-state index contributed by atoms with van der Waals surface area (Å²) in [6, 6.07) is 5.67. The number of fused-ring (bicyclic) bond motifs is 1. The maximum atomic E-state index is 13.8. The molecule has 0 aliphatic carbocycles. The highest BCUT2D eigenvalue weighted by Crippen LogP contribution is 2.26. The summed E-state index contributed by atoms with van der Waals surface area (Å²) in [5, 5.41) is -0.383. The number of aromatic nitrogens is 1. The zero-order valence-corrected chi connectivity index (χ0v) is 11.1. The molecule has 0 amide bonds. The lowest BCUT2D eigenvalue weighted by Gasteiger charge is -2.04. The Balaban J connectivity index is 2.20. The van der Waals surface area contributed by atoms with Gasteiger partial charge in [0.05, 0.1) is 16.1 Å². The molecule has 0 saturated heterocycles. The third-order valence-corrected chi connectivity index (χ3v) is 3.44. The Kier molecular flexibility index (Phi) is 3.22. The summed E-state index contributed by atoms with van der Waals surface area (Å²) in [6.45, 7) is 0. The fraction of sp³-hybridized carbons (Fsp3) is 0. The molecule has 106 valence electrons. The molecule has 0 unspecified atom stereocenters. The SMILES string of the molecule is O=C(c1cc(F)c(Cl)cc1F)c1c[nH]c2cccc(F)c12. The van der Waals surface area contributed by atoms with Crippen LogP contribution in [0.3, 0.4) is 0 Å². The fourth-order valence-electron chi connectivity index (χ4n) is 2.16. The van der Waals surface area contributed by atoms with Gasteiger partial charge >= 0.3 is 0 Å². The number of carbonyl (C=O) groups is 1. The molecule has 0 spiro atoms. The van der Waals surface area contributed by atoms with Crippen LogP contribution in [0, 0.1) is 17.5 Å². The molecule has 1 heterocycles. The van der Waals surface area contributed by atoms with Crippen molar-refractivity contribution < 1.29 is 18.0 Å². The van der Waals surface area contributed by atoms with Crippen LogP contribution in [0.1, 0.15) is 15.9 Å². The Labute approximate surface area is 122 Å². The minimum Gasteiger partial charge on any atom is -0.360 e. The van der Waals surface area contributed by atoms with Gasteiger partial charge in [0, 0.05) is 17.1 Å². The quantitative estimate of drug-likeness (QED) is 0.550. The van der Waals surface area contributed by atoms with E-state index in [9.17, 15) is 18.0 Å². The smallest absolute Gasteiger partial charge is 0.198 e. The van der Waals surface area contributed by atoms with Gasteiger partial charge in [0.2, 0.25) is 0 Å². The maximum absolute atomic E-state index is 13.8. The van der Waals surface area contributed by atoms with Crippen molar-refractivity contribution in [3.8, 4) is 0 Å². The number of ketones is 1. The van der Waals surface area contributed by atoms with Crippen LogP contribution in [0.5, 0.6) is 0 Å². The number of hydrogen-bond acceptors (Lipinski definition) is 1. The van der Waals surface area contributed by atoms with Gasteiger partial charge in [-0.3, -0.25) is 4.79 Å². The molecule has 21 heavy (non-hydrogen) atoms. The van der Waals surface area contributed by atoms with Crippen molar-refractivity contribution in [1.29, 1.82) is 0 Å². The first-order chi connectivity index (χ1) is 9.99. The Hall–Kier alpha value is -2.27. The minimum atomic E-state index is -0.961. The Morgan fingerprint density at radius 2 is 1.76 bits per heavy atom. The minimum absolute atomic E-state index is 0.0391. The predicted octanol–water partition coefficient (Wildman–Crippen LogP) is 4.47. The van der Waals surface area contributed by atoms with Crippen molar-refractivity contribution in [2.75, 3.05) is 0 Å². The second-order valence-corrected chi connectivity index (χ2v) is 4.85. The maximum Gasteiger partial charge on any atom is 0.198 e. The molecule has 1 aromatic heterocycles. The van der Waals surface area contributed by atoms with E-state index in [4.69, 9.17) is 11.6 Å². The van der Waals surface area contributed by atoms with Crippen LogP contribution in [-0.4, -0.2) is 10.8 Å². The number of nitrogens with one attached hydrogen (secondary N) is 1. The summed E-state index contributed by atoms with van der Waals surface area (Å²) in [4.78, 5) is 15.0. The van der Waals surface area contributed by atoms with Crippen molar-refractivity contribution in [1.82, 2.24) is 4.98 Å². The molecule has 3 aromatic rings. The first-order valence-electron chi connectivity index (χ1n) is 5.94. The Bertz CT molecular complexity index is 873. The molecule has 0 aliphatic heterocycles. The zero-order valence-electron chi connectivity index (χ0n) is 10.4. The summed E-state index contributed by atoms with van der Waals surface area (Å²) < 4.78 is 41.1. The van der Waals surface area contributed by atoms with E-state index < -0.39 is 33.8 Å². The number of carbonyl (C=O) groups excluding carboxylic acids is 1. The molecular weight excluding hydrogens is 303 g/mol. The number of H-pyrrole nitrogens is 1. The molecule has 0 aliphatic rings. The van der Waals surface area contributed by atoms with E-state index in [0.717, 1.165) is 6.07 Å². The predicted molar refractivity (Wildman–Crippen MR) is 73.1 cm³/mol. The van der Waals surface area contributed by atoms with Crippen molar-refractivity contribution in [3.63, 3.8) is 0 Å². The van der Waals surface area contributed by atoms with Crippen LogP contribution in [0.2, 0.25) is 5.02 Å². The summed E-state index contributed by atoms with van der Waals surface area (Å²) >= 11 is 5.44. The number of aromatic amines is 1. The highest BCUT2D eigenvalue weighted by atomic mass is 35.5. The van der Waals surface area contributed by atoms with Gasteiger partial charge in [0.15, 0.2) is 5.78 Å². The average Bonchev–Trinajstić information content (AvgIpc) is 2.87. The first-order valence-corrected chi connectivity index (χ1v) is 6.31. The highest BCUT2D eigenvalue weighted by molar-refractivity contribution is 6.31. The number of benzene rings is 2. The van der Waals surface area contributed by atoms with E-state index in [1.807, 2.05) is 0 Å². The largest absolute Gasteiger partial charge is 0.360 e. The lowest BCUT2D eigenvalue weighted by atomic mass is 10.0. The molecule has 0 bridgehead atoms. The number of hydrogen-bond donors (Lipinski definition) is 1. The number of halogens is 4. The van der Waals surface area contributed by atoms with Gasteiger partial charge in [-0.05, 0) is 24.3 Å². The van der Waals surface area contributed by atoms with E-state index in [-0.39, 0.29) is 10.9 Å². The van der Waals surface area contributed by atoms with Crippen molar-refractivity contribution in [2.24, 2.45) is 0 Å². The Morgan fingerprint density at radius 1 is 1.00 bits per heavy atom. The van der Waals surface area contributed by atoms with Gasteiger partial charge in [-0.1, -0.05) is 17.7 Å². The second kappa shape index (κ2) is 4.93. The molecule has 0 radical (unpaired) electrons. The standard InChI is InChI=1S/C15H7ClF3NO/c16-9-5-11(18)7(4-12(9)19)15(21)8-6-20-13-3-1-2-10(17)14(8)13/h1-6,20H. The van der Waals surface area contributed by atoms with Gasteiger partial charge in [-0.25, -0.2) is 13.2 Å². The highest BCUT2D eigenvalue weighted by Gasteiger charge is 2.21. The Morgan fingerprint density at radius 3 is 2.52 bits per heavy atom. The van der Waals surface area contributed by atoms with Crippen LogP contribution in [-0.2, 0) is 0 Å². The molecule has 1 N–H and O–H groups in total.